The molecule has 9 heteroatoms. The molecule has 1 amide bonds. The highest BCUT2D eigenvalue weighted by atomic mass is 79.9. The topological polar surface area (TPSA) is 109 Å². The van der Waals surface area contributed by atoms with Gasteiger partial charge >= 0.3 is 0 Å². The van der Waals surface area contributed by atoms with Crippen molar-refractivity contribution in [3.05, 3.63) is 62.6 Å². The van der Waals surface area contributed by atoms with Gasteiger partial charge < -0.3 is 15.2 Å². The normalized spacial score (nSPS) is 11.4. The Kier molecular flexibility index (Phi) is 6.51. The molecule has 2 aromatic carbocycles. The summed E-state index contributed by atoms with van der Waals surface area (Å²) in [6.45, 7) is 3.65. The third kappa shape index (κ3) is 4.68. The number of aromatic nitrogens is 2. The van der Waals surface area contributed by atoms with Crippen LogP contribution in [0.1, 0.15) is 31.2 Å². The van der Waals surface area contributed by atoms with Crippen LogP contribution in [-0.2, 0) is 4.79 Å². The van der Waals surface area contributed by atoms with E-state index in [4.69, 9.17) is 15.2 Å². The summed E-state index contributed by atoms with van der Waals surface area (Å²) in [6.07, 6.45) is 1.54. The van der Waals surface area contributed by atoms with Crippen LogP contribution in [0.2, 0.25) is 0 Å². The molecule has 0 saturated carbocycles. The fourth-order valence-corrected chi connectivity index (χ4v) is 3.17. The molecule has 0 aliphatic carbocycles. The van der Waals surface area contributed by atoms with Crippen LogP contribution in [0.5, 0.6) is 11.5 Å². The minimum absolute atomic E-state index is 0.0120. The molecule has 8 nitrogen and oxygen atoms in total. The molecule has 0 fully saturated rings. The van der Waals surface area contributed by atoms with Crippen molar-refractivity contribution in [1.29, 1.82) is 0 Å². The fraction of sp³-hybridized carbons (Fsp3) is 0.238. The van der Waals surface area contributed by atoms with Crippen molar-refractivity contribution in [2.24, 2.45) is 10.8 Å². The largest absolute Gasteiger partial charge is 0.493 e. The number of nitrogens with two attached hydrogens (primary N) is 1. The molecule has 0 bridgehead atoms. The highest BCUT2D eigenvalue weighted by molar-refractivity contribution is 9.10. The molecule has 0 aliphatic heterocycles. The van der Waals surface area contributed by atoms with Crippen molar-refractivity contribution in [1.82, 2.24) is 9.66 Å². The maximum absolute atomic E-state index is 13.1. The summed E-state index contributed by atoms with van der Waals surface area (Å²) in [5.74, 6) is 0.753. The summed E-state index contributed by atoms with van der Waals surface area (Å²) in [5, 5.41) is 4.86. The van der Waals surface area contributed by atoms with E-state index in [1.165, 1.54) is 11.8 Å². The van der Waals surface area contributed by atoms with E-state index in [0.29, 0.717) is 33.8 Å². The minimum atomic E-state index is -0.585. The van der Waals surface area contributed by atoms with Gasteiger partial charge in [-0.2, -0.15) is 9.78 Å². The first-order chi connectivity index (χ1) is 14.3. The number of amides is 1. The molecule has 2 N–H and O–H groups in total. The van der Waals surface area contributed by atoms with E-state index in [1.54, 1.807) is 36.5 Å². The molecule has 3 rings (SSSR count). The number of carbonyl (C=O) groups is 1. The van der Waals surface area contributed by atoms with E-state index in [9.17, 15) is 9.59 Å². The smallest absolute Gasteiger partial charge is 0.282 e. The maximum atomic E-state index is 13.1. The molecule has 0 aliphatic rings. The SMILES string of the molecule is COc1cc(C=Nn2c(C(C)C)nc3ccc(Br)cc3c2=O)ccc1OCC(N)=O. The third-order valence-corrected chi connectivity index (χ3v) is 4.72. The second kappa shape index (κ2) is 9.08. The standard InChI is InChI=1S/C21H21BrN4O4/c1-12(2)20-25-16-6-5-14(22)9-15(16)21(28)26(20)24-10-13-4-7-17(18(8-13)29-3)30-11-19(23)27/h4-10,12H,11H2,1-3H3,(H2,23,27). The lowest BCUT2D eigenvalue weighted by Crippen LogP contribution is -2.23. The van der Waals surface area contributed by atoms with Gasteiger partial charge in [0.15, 0.2) is 18.1 Å². The monoisotopic (exact) mass is 472 g/mol. The van der Waals surface area contributed by atoms with E-state index >= 15 is 0 Å². The summed E-state index contributed by atoms with van der Waals surface area (Å²) in [5.41, 5.74) is 6.15. The minimum Gasteiger partial charge on any atom is -0.493 e. The van der Waals surface area contributed by atoms with E-state index in [1.807, 2.05) is 19.9 Å². The lowest BCUT2D eigenvalue weighted by atomic mass is 10.2. The van der Waals surface area contributed by atoms with E-state index in [2.05, 4.69) is 26.0 Å². The predicted octanol–water partition coefficient (Wildman–Crippen LogP) is 3.04. The van der Waals surface area contributed by atoms with Crippen LogP contribution in [0.15, 0.2) is 50.8 Å². The Hall–Kier alpha value is -3.20. The van der Waals surface area contributed by atoms with Crippen LogP contribution in [0, 0.1) is 0 Å². The molecule has 1 aromatic heterocycles. The van der Waals surface area contributed by atoms with Crippen molar-refractivity contribution in [2.75, 3.05) is 13.7 Å². The first-order valence-corrected chi connectivity index (χ1v) is 9.95. The van der Waals surface area contributed by atoms with Crippen molar-refractivity contribution in [3.8, 4) is 11.5 Å². The molecule has 0 atom stereocenters. The number of fused-ring (bicyclic) bond motifs is 1. The number of methoxy groups -OCH3 is 1. The molecule has 3 aromatic rings. The molecule has 1 heterocycles. The van der Waals surface area contributed by atoms with Crippen LogP contribution in [0.25, 0.3) is 10.9 Å². The van der Waals surface area contributed by atoms with Gasteiger partial charge in [-0.05, 0) is 42.0 Å². The van der Waals surface area contributed by atoms with Gasteiger partial charge in [-0.3, -0.25) is 9.59 Å². The first kappa shape index (κ1) is 21.5. The predicted molar refractivity (Wildman–Crippen MR) is 118 cm³/mol. The van der Waals surface area contributed by atoms with Crippen LogP contribution >= 0.6 is 15.9 Å². The molecule has 0 unspecified atom stereocenters. The highest BCUT2D eigenvalue weighted by Gasteiger charge is 2.14. The number of rotatable bonds is 7. The Morgan fingerprint density at radius 3 is 2.70 bits per heavy atom. The third-order valence-electron chi connectivity index (χ3n) is 4.23. The average molecular weight is 473 g/mol. The number of hydrogen-bond donors (Lipinski definition) is 1. The first-order valence-electron chi connectivity index (χ1n) is 9.16. The van der Waals surface area contributed by atoms with Crippen LogP contribution in [0.3, 0.4) is 0 Å². The summed E-state index contributed by atoms with van der Waals surface area (Å²) in [7, 11) is 1.49. The fourth-order valence-electron chi connectivity index (χ4n) is 2.81. The zero-order chi connectivity index (χ0) is 21.8. The molecule has 30 heavy (non-hydrogen) atoms. The Bertz CT molecular complexity index is 1190. The number of benzene rings is 2. The van der Waals surface area contributed by atoms with Crippen LogP contribution in [0.4, 0.5) is 0 Å². The molecule has 0 spiro atoms. The molecule has 0 saturated heterocycles. The number of halogens is 1. The summed E-state index contributed by atoms with van der Waals surface area (Å²) in [4.78, 5) is 28.6. The van der Waals surface area contributed by atoms with Gasteiger partial charge in [0.2, 0.25) is 0 Å². The lowest BCUT2D eigenvalue weighted by Gasteiger charge is -2.12. The van der Waals surface area contributed by atoms with Gasteiger partial charge in [0, 0.05) is 10.4 Å². The average Bonchev–Trinajstić information content (AvgIpc) is 2.71. The van der Waals surface area contributed by atoms with Gasteiger partial charge in [-0.25, -0.2) is 4.98 Å². The van der Waals surface area contributed by atoms with Crippen LogP contribution < -0.4 is 20.8 Å². The maximum Gasteiger partial charge on any atom is 0.282 e. The van der Waals surface area contributed by atoms with Crippen molar-refractivity contribution >= 4 is 39.0 Å². The van der Waals surface area contributed by atoms with Crippen molar-refractivity contribution in [2.45, 2.75) is 19.8 Å². The van der Waals surface area contributed by atoms with E-state index < -0.39 is 5.91 Å². The number of carbonyl (C=O) groups excluding carboxylic acids is 1. The Morgan fingerprint density at radius 1 is 1.27 bits per heavy atom. The summed E-state index contributed by atoms with van der Waals surface area (Å²) >= 11 is 3.39. The van der Waals surface area contributed by atoms with E-state index in [-0.39, 0.29) is 18.1 Å². The Labute approximate surface area is 181 Å². The Balaban J connectivity index is 2.03. The number of primary amides is 1. The number of nitrogens with zero attached hydrogens (tertiary/aromatic N) is 3. The molecule has 156 valence electrons. The van der Waals surface area contributed by atoms with Gasteiger partial charge in [0.1, 0.15) is 5.82 Å². The number of hydrogen-bond acceptors (Lipinski definition) is 6. The van der Waals surface area contributed by atoms with Gasteiger partial charge in [0.05, 0.1) is 24.2 Å². The zero-order valence-corrected chi connectivity index (χ0v) is 18.3. The van der Waals surface area contributed by atoms with E-state index in [0.717, 1.165) is 4.47 Å². The molecule has 0 radical (unpaired) electrons. The highest BCUT2D eigenvalue weighted by Crippen LogP contribution is 2.27. The lowest BCUT2D eigenvalue weighted by molar-refractivity contribution is -0.119. The van der Waals surface area contributed by atoms with Gasteiger partial charge in [-0.15, -0.1) is 0 Å². The zero-order valence-electron chi connectivity index (χ0n) is 16.8. The summed E-state index contributed by atoms with van der Waals surface area (Å²) < 4.78 is 12.7. The quantitative estimate of drug-likeness (QED) is 0.531. The second-order valence-corrected chi connectivity index (χ2v) is 7.73. The summed E-state index contributed by atoms with van der Waals surface area (Å²) in [6, 6.07) is 10.4. The second-order valence-electron chi connectivity index (χ2n) is 6.81. The van der Waals surface area contributed by atoms with Crippen LogP contribution in [-0.4, -0.2) is 35.5 Å². The van der Waals surface area contributed by atoms with Crippen molar-refractivity contribution in [3.63, 3.8) is 0 Å². The number of ether oxygens (including phenoxy) is 2. The molecular formula is C21H21BrN4O4. The van der Waals surface area contributed by atoms with Gasteiger partial charge in [0.25, 0.3) is 11.5 Å². The molecular weight excluding hydrogens is 452 g/mol. The van der Waals surface area contributed by atoms with Gasteiger partial charge in [-0.1, -0.05) is 29.8 Å². The van der Waals surface area contributed by atoms with Crippen molar-refractivity contribution < 1.29 is 14.3 Å². The Morgan fingerprint density at radius 2 is 2.03 bits per heavy atom.